The molecule has 0 aliphatic carbocycles. The Labute approximate surface area is 168 Å². The molecule has 4 nitrogen and oxygen atoms in total. The molecule has 28 heavy (non-hydrogen) atoms. The number of rotatable bonds is 6. The molecule has 0 aromatic heterocycles. The van der Waals surface area contributed by atoms with Gasteiger partial charge in [-0.05, 0) is 81.1 Å². The van der Waals surface area contributed by atoms with Crippen molar-refractivity contribution in [1.82, 2.24) is 9.80 Å². The molecule has 2 heterocycles. The van der Waals surface area contributed by atoms with Crippen LogP contribution in [0.1, 0.15) is 31.2 Å². The fraction of sp³-hybridized carbons (Fsp3) is 0.500. The number of aliphatic hydroxyl groups is 1. The van der Waals surface area contributed by atoms with Gasteiger partial charge in [0.15, 0.2) is 0 Å². The van der Waals surface area contributed by atoms with E-state index in [-0.39, 0.29) is 0 Å². The van der Waals surface area contributed by atoms with Crippen LogP contribution in [0, 0.1) is 5.92 Å². The fourth-order valence-electron chi connectivity index (χ4n) is 4.56. The summed E-state index contributed by atoms with van der Waals surface area (Å²) in [5.74, 6) is 2.30. The first kappa shape index (κ1) is 19.4. The number of piperidine rings is 2. The minimum atomic E-state index is 0.353. The summed E-state index contributed by atoms with van der Waals surface area (Å²) >= 11 is 0. The fourth-order valence-corrected chi connectivity index (χ4v) is 4.56. The summed E-state index contributed by atoms with van der Waals surface area (Å²) in [5.41, 5.74) is 1.31. The lowest BCUT2D eigenvalue weighted by Gasteiger charge is -2.42. The summed E-state index contributed by atoms with van der Waals surface area (Å²) in [4.78, 5) is 5.25. The average molecular weight is 381 g/mol. The van der Waals surface area contributed by atoms with Crippen molar-refractivity contribution in [3.05, 3.63) is 60.2 Å². The van der Waals surface area contributed by atoms with Gasteiger partial charge < -0.3 is 9.84 Å². The smallest absolute Gasteiger partial charge is 0.127 e. The maximum atomic E-state index is 9.37. The lowest BCUT2D eigenvalue weighted by atomic mass is 9.94. The first-order valence-corrected chi connectivity index (χ1v) is 10.7. The van der Waals surface area contributed by atoms with Gasteiger partial charge in [0.25, 0.3) is 0 Å². The van der Waals surface area contributed by atoms with Crippen LogP contribution >= 0.6 is 0 Å². The Hall–Kier alpha value is -1.88. The van der Waals surface area contributed by atoms with Crippen molar-refractivity contribution >= 4 is 0 Å². The number of para-hydroxylation sites is 1. The molecule has 0 radical (unpaired) electrons. The van der Waals surface area contributed by atoms with Crippen LogP contribution in [0.15, 0.2) is 54.6 Å². The van der Waals surface area contributed by atoms with Crippen LogP contribution in [-0.4, -0.2) is 53.7 Å². The molecule has 2 aromatic carbocycles. The van der Waals surface area contributed by atoms with Gasteiger partial charge in [0.05, 0.1) is 0 Å². The molecule has 2 aromatic rings. The van der Waals surface area contributed by atoms with Crippen LogP contribution in [0.3, 0.4) is 0 Å². The van der Waals surface area contributed by atoms with E-state index in [4.69, 9.17) is 4.74 Å². The van der Waals surface area contributed by atoms with Crippen molar-refractivity contribution in [3.8, 4) is 11.5 Å². The third-order valence-electron chi connectivity index (χ3n) is 6.19. The van der Waals surface area contributed by atoms with Gasteiger partial charge in [0.2, 0.25) is 0 Å². The zero-order chi connectivity index (χ0) is 19.2. The highest BCUT2D eigenvalue weighted by atomic mass is 16.5. The van der Waals surface area contributed by atoms with Gasteiger partial charge in [-0.2, -0.15) is 0 Å². The zero-order valence-corrected chi connectivity index (χ0v) is 16.7. The van der Waals surface area contributed by atoms with Gasteiger partial charge in [-0.1, -0.05) is 30.3 Å². The molecule has 0 spiro atoms. The molecule has 0 amide bonds. The SMILES string of the molecule is OCC1CCN([C@@H]2CCCN(Cc3cccc(Oc4ccccc4)c3)C2)CC1. The van der Waals surface area contributed by atoms with Crippen LogP contribution < -0.4 is 4.74 Å². The predicted molar refractivity (Wildman–Crippen MR) is 113 cm³/mol. The number of aliphatic hydroxyl groups excluding tert-OH is 1. The predicted octanol–water partition coefficient (Wildman–Crippen LogP) is 4.15. The van der Waals surface area contributed by atoms with Crippen molar-refractivity contribution in [2.24, 2.45) is 5.92 Å². The van der Waals surface area contributed by atoms with Crippen LogP contribution in [0.4, 0.5) is 0 Å². The molecular formula is C24H32N2O2. The van der Waals surface area contributed by atoms with Crippen molar-refractivity contribution < 1.29 is 9.84 Å². The lowest BCUT2D eigenvalue weighted by molar-refractivity contribution is 0.0544. The molecule has 1 atom stereocenters. The molecular weight excluding hydrogens is 348 g/mol. The van der Waals surface area contributed by atoms with Crippen molar-refractivity contribution in [1.29, 1.82) is 0 Å². The summed E-state index contributed by atoms with van der Waals surface area (Å²) in [5, 5.41) is 9.37. The van der Waals surface area contributed by atoms with Crippen molar-refractivity contribution in [2.75, 3.05) is 32.8 Å². The number of hydrogen-bond acceptors (Lipinski definition) is 4. The third-order valence-corrected chi connectivity index (χ3v) is 6.19. The van der Waals surface area contributed by atoms with E-state index in [1.54, 1.807) is 0 Å². The summed E-state index contributed by atoms with van der Waals surface area (Å²) in [6.07, 6.45) is 4.86. The molecule has 4 rings (SSSR count). The van der Waals surface area contributed by atoms with Crippen LogP contribution in [0.25, 0.3) is 0 Å². The van der Waals surface area contributed by atoms with E-state index in [0.717, 1.165) is 50.5 Å². The average Bonchev–Trinajstić information content (AvgIpc) is 2.75. The van der Waals surface area contributed by atoms with Crippen LogP contribution in [-0.2, 0) is 6.54 Å². The van der Waals surface area contributed by atoms with E-state index < -0.39 is 0 Å². The Morgan fingerprint density at radius 2 is 1.68 bits per heavy atom. The Kier molecular flexibility index (Phi) is 6.63. The number of benzene rings is 2. The highest BCUT2D eigenvalue weighted by molar-refractivity contribution is 5.33. The Balaban J connectivity index is 1.33. The van der Waals surface area contributed by atoms with Crippen molar-refractivity contribution in [2.45, 2.75) is 38.3 Å². The van der Waals surface area contributed by atoms with Gasteiger partial charge in [0.1, 0.15) is 11.5 Å². The molecule has 2 fully saturated rings. The van der Waals surface area contributed by atoms with Gasteiger partial charge in [-0.3, -0.25) is 9.80 Å². The Morgan fingerprint density at radius 3 is 2.46 bits per heavy atom. The molecule has 0 unspecified atom stereocenters. The van der Waals surface area contributed by atoms with E-state index in [9.17, 15) is 5.11 Å². The summed E-state index contributed by atoms with van der Waals surface area (Å²) in [6.45, 7) is 5.94. The quantitative estimate of drug-likeness (QED) is 0.817. The number of nitrogens with zero attached hydrogens (tertiary/aromatic N) is 2. The Morgan fingerprint density at radius 1 is 0.893 bits per heavy atom. The van der Waals surface area contributed by atoms with Gasteiger partial charge in [-0.25, -0.2) is 0 Å². The summed E-state index contributed by atoms with van der Waals surface area (Å²) in [7, 11) is 0. The number of ether oxygens (including phenoxy) is 1. The minimum absolute atomic E-state index is 0.353. The molecule has 0 saturated carbocycles. The van der Waals surface area contributed by atoms with E-state index in [2.05, 4.69) is 28.0 Å². The lowest BCUT2D eigenvalue weighted by Crippen LogP contribution is -2.50. The van der Waals surface area contributed by atoms with Gasteiger partial charge >= 0.3 is 0 Å². The second-order valence-corrected chi connectivity index (χ2v) is 8.26. The van der Waals surface area contributed by atoms with Crippen LogP contribution in [0.5, 0.6) is 11.5 Å². The second-order valence-electron chi connectivity index (χ2n) is 8.26. The van der Waals surface area contributed by atoms with E-state index in [1.807, 2.05) is 36.4 Å². The highest BCUT2D eigenvalue weighted by Gasteiger charge is 2.28. The topological polar surface area (TPSA) is 35.9 Å². The first-order valence-electron chi connectivity index (χ1n) is 10.7. The third kappa shape index (κ3) is 5.13. The minimum Gasteiger partial charge on any atom is -0.457 e. The zero-order valence-electron chi connectivity index (χ0n) is 16.7. The van der Waals surface area contributed by atoms with Crippen molar-refractivity contribution in [3.63, 3.8) is 0 Å². The molecule has 2 saturated heterocycles. The number of likely N-dealkylation sites (tertiary alicyclic amines) is 2. The molecule has 0 bridgehead atoms. The van der Waals surface area contributed by atoms with E-state index in [0.29, 0.717) is 18.6 Å². The first-order chi connectivity index (χ1) is 13.8. The van der Waals surface area contributed by atoms with Gasteiger partial charge in [-0.15, -0.1) is 0 Å². The molecule has 2 aliphatic rings. The second kappa shape index (κ2) is 9.55. The molecule has 2 aliphatic heterocycles. The maximum Gasteiger partial charge on any atom is 0.127 e. The molecule has 150 valence electrons. The maximum absolute atomic E-state index is 9.37. The monoisotopic (exact) mass is 380 g/mol. The van der Waals surface area contributed by atoms with E-state index in [1.165, 1.54) is 24.9 Å². The summed E-state index contributed by atoms with van der Waals surface area (Å²) in [6, 6.07) is 19.1. The standard InChI is InChI=1S/C24H32N2O2/c27-19-20-11-14-26(15-12-20)22-7-5-13-25(18-22)17-21-6-4-10-24(16-21)28-23-8-2-1-3-9-23/h1-4,6,8-10,16,20,22,27H,5,7,11-15,17-19H2/t22-/m1/s1. The van der Waals surface area contributed by atoms with Crippen LogP contribution in [0.2, 0.25) is 0 Å². The molecule has 1 N–H and O–H groups in total. The normalized spacial score (nSPS) is 22.2. The Bertz CT molecular complexity index is 728. The van der Waals surface area contributed by atoms with Gasteiger partial charge in [0, 0.05) is 25.7 Å². The summed E-state index contributed by atoms with van der Waals surface area (Å²) < 4.78 is 6.00. The van der Waals surface area contributed by atoms with E-state index >= 15 is 0 Å². The largest absolute Gasteiger partial charge is 0.457 e. The molecule has 4 heteroatoms. The number of hydrogen-bond donors (Lipinski definition) is 1. The highest BCUT2D eigenvalue weighted by Crippen LogP contribution is 2.26.